The number of hydrogen-bond acceptors (Lipinski definition) is 6. The molecule has 3 rings (SSSR count). The monoisotopic (exact) mass is 414 g/mol. The zero-order valence-corrected chi connectivity index (χ0v) is 16.8. The number of aryl methyl sites for hydroxylation is 1. The van der Waals surface area contributed by atoms with Crippen LogP contribution < -0.4 is 0 Å². The molecular formula is C21H18O5S2. The lowest BCUT2D eigenvalue weighted by molar-refractivity contribution is 0.0476. The second-order valence-electron chi connectivity index (χ2n) is 6.25. The predicted octanol–water partition coefficient (Wildman–Crippen LogP) is 4.07. The van der Waals surface area contributed by atoms with Crippen molar-refractivity contribution < 1.29 is 22.7 Å². The lowest BCUT2D eigenvalue weighted by Gasteiger charge is -2.07. The van der Waals surface area contributed by atoms with Gasteiger partial charge in [0, 0.05) is 0 Å². The van der Waals surface area contributed by atoms with Crippen LogP contribution >= 0.6 is 11.3 Å². The first-order valence-electron chi connectivity index (χ1n) is 8.47. The van der Waals surface area contributed by atoms with Gasteiger partial charge in [-0.15, -0.1) is 11.3 Å². The number of carbonyl (C=O) groups is 2. The molecule has 3 aromatic rings. The van der Waals surface area contributed by atoms with Crippen molar-refractivity contribution in [3.63, 3.8) is 0 Å². The van der Waals surface area contributed by atoms with Crippen LogP contribution in [0.5, 0.6) is 0 Å². The van der Waals surface area contributed by atoms with Crippen molar-refractivity contribution in [2.24, 2.45) is 0 Å². The number of sulfone groups is 1. The first kappa shape index (κ1) is 20.0. The zero-order chi connectivity index (χ0) is 20.1. The summed E-state index contributed by atoms with van der Waals surface area (Å²) in [5, 5.41) is 1.78. The molecule has 0 fully saturated rings. The summed E-state index contributed by atoms with van der Waals surface area (Å²) >= 11 is 1.29. The minimum atomic E-state index is -3.47. The molecule has 0 saturated heterocycles. The second kappa shape index (κ2) is 8.50. The Hall–Kier alpha value is -2.77. The van der Waals surface area contributed by atoms with Gasteiger partial charge >= 0.3 is 5.97 Å². The molecule has 0 aliphatic rings. The molecule has 28 heavy (non-hydrogen) atoms. The number of esters is 1. The van der Waals surface area contributed by atoms with Crippen molar-refractivity contribution in [1.82, 2.24) is 0 Å². The van der Waals surface area contributed by atoms with E-state index < -0.39 is 15.8 Å². The molecule has 2 aromatic carbocycles. The molecular weight excluding hydrogens is 396 g/mol. The van der Waals surface area contributed by atoms with Crippen LogP contribution in [-0.4, -0.2) is 26.8 Å². The lowest BCUT2D eigenvalue weighted by Crippen LogP contribution is -2.13. The van der Waals surface area contributed by atoms with E-state index in [1.807, 2.05) is 6.92 Å². The number of Topliss-reactive ketones (excluding diaryl/α,β-unsaturated/α-hetero) is 1. The standard InChI is InChI=1S/C21H18O5S2/c1-15-4-10-18(11-5-15)28(24,25)14-16-6-8-17(9-7-16)21(23)26-13-19(22)20-3-2-12-27-20/h2-12H,13-14H2,1H3. The van der Waals surface area contributed by atoms with Gasteiger partial charge in [-0.1, -0.05) is 35.9 Å². The van der Waals surface area contributed by atoms with Gasteiger partial charge in [-0.3, -0.25) is 4.79 Å². The van der Waals surface area contributed by atoms with Crippen LogP contribution in [-0.2, 0) is 20.3 Å². The van der Waals surface area contributed by atoms with Crippen LogP contribution in [0.4, 0.5) is 0 Å². The maximum Gasteiger partial charge on any atom is 0.338 e. The number of rotatable bonds is 7. The average Bonchev–Trinajstić information content (AvgIpc) is 3.21. The summed E-state index contributed by atoms with van der Waals surface area (Å²) in [7, 11) is -3.47. The van der Waals surface area contributed by atoms with Crippen LogP contribution in [0.3, 0.4) is 0 Å². The number of carbonyl (C=O) groups excluding carboxylic acids is 2. The van der Waals surface area contributed by atoms with Gasteiger partial charge in [0.1, 0.15) is 0 Å². The molecule has 0 aliphatic carbocycles. The van der Waals surface area contributed by atoms with Crippen LogP contribution in [0, 0.1) is 6.92 Å². The summed E-state index contributed by atoms with van der Waals surface area (Å²) in [5.74, 6) is -1.05. The van der Waals surface area contributed by atoms with Gasteiger partial charge < -0.3 is 4.74 Å². The summed E-state index contributed by atoms with van der Waals surface area (Å²) in [6.07, 6.45) is 0. The Morgan fingerprint density at radius 3 is 2.25 bits per heavy atom. The second-order valence-corrected chi connectivity index (χ2v) is 9.18. The van der Waals surface area contributed by atoms with Crippen LogP contribution in [0.15, 0.2) is 70.9 Å². The molecule has 0 N–H and O–H groups in total. The molecule has 0 atom stereocenters. The molecule has 0 aliphatic heterocycles. The van der Waals surface area contributed by atoms with Crippen molar-refractivity contribution in [1.29, 1.82) is 0 Å². The highest BCUT2D eigenvalue weighted by Crippen LogP contribution is 2.18. The summed E-state index contributed by atoms with van der Waals surface area (Å²) in [6, 6.07) is 16.2. The van der Waals surface area contributed by atoms with Crippen molar-refractivity contribution in [3.8, 4) is 0 Å². The predicted molar refractivity (Wildman–Crippen MR) is 107 cm³/mol. The normalized spacial score (nSPS) is 11.2. The van der Waals surface area contributed by atoms with Gasteiger partial charge in [-0.2, -0.15) is 0 Å². The van der Waals surface area contributed by atoms with E-state index in [9.17, 15) is 18.0 Å². The van der Waals surface area contributed by atoms with E-state index in [0.717, 1.165) is 5.56 Å². The SMILES string of the molecule is Cc1ccc(S(=O)(=O)Cc2ccc(C(=O)OCC(=O)c3cccs3)cc2)cc1. The van der Waals surface area contributed by atoms with Crippen LogP contribution in [0.2, 0.25) is 0 Å². The third-order valence-corrected chi connectivity index (χ3v) is 6.67. The maximum atomic E-state index is 12.5. The smallest absolute Gasteiger partial charge is 0.338 e. The fraction of sp³-hybridized carbons (Fsp3) is 0.143. The molecule has 0 unspecified atom stereocenters. The fourth-order valence-corrected chi connectivity index (χ4v) is 4.51. The summed E-state index contributed by atoms with van der Waals surface area (Å²) in [5.41, 5.74) is 1.81. The highest BCUT2D eigenvalue weighted by atomic mass is 32.2. The van der Waals surface area contributed by atoms with Crippen molar-refractivity contribution in [2.45, 2.75) is 17.6 Å². The molecule has 0 saturated carbocycles. The van der Waals surface area contributed by atoms with E-state index in [-0.39, 0.29) is 28.6 Å². The Labute approximate surface area is 167 Å². The van der Waals surface area contributed by atoms with Crippen molar-refractivity contribution >= 4 is 32.9 Å². The van der Waals surface area contributed by atoms with E-state index in [4.69, 9.17) is 4.74 Å². The van der Waals surface area contributed by atoms with E-state index in [1.165, 1.54) is 23.5 Å². The average molecular weight is 415 g/mol. The zero-order valence-electron chi connectivity index (χ0n) is 15.1. The highest BCUT2D eigenvalue weighted by molar-refractivity contribution is 7.90. The Morgan fingerprint density at radius 2 is 1.64 bits per heavy atom. The third-order valence-electron chi connectivity index (χ3n) is 4.06. The van der Waals surface area contributed by atoms with E-state index in [0.29, 0.717) is 10.4 Å². The fourth-order valence-electron chi connectivity index (χ4n) is 2.51. The minimum absolute atomic E-state index is 0.164. The summed E-state index contributed by atoms with van der Waals surface area (Å²) in [4.78, 5) is 24.7. The van der Waals surface area contributed by atoms with E-state index in [2.05, 4.69) is 0 Å². The van der Waals surface area contributed by atoms with Crippen LogP contribution in [0.1, 0.15) is 31.2 Å². The highest BCUT2D eigenvalue weighted by Gasteiger charge is 2.16. The van der Waals surface area contributed by atoms with Crippen molar-refractivity contribution in [2.75, 3.05) is 6.61 Å². The number of ketones is 1. The number of benzene rings is 2. The Morgan fingerprint density at radius 1 is 0.964 bits per heavy atom. The number of ether oxygens (including phenoxy) is 1. The van der Waals surface area contributed by atoms with Gasteiger partial charge in [-0.05, 0) is 48.2 Å². The summed E-state index contributed by atoms with van der Waals surface area (Å²) < 4.78 is 30.0. The lowest BCUT2D eigenvalue weighted by atomic mass is 10.1. The van der Waals surface area contributed by atoms with Gasteiger partial charge in [-0.25, -0.2) is 13.2 Å². The molecule has 0 amide bonds. The molecule has 0 radical (unpaired) electrons. The first-order valence-corrected chi connectivity index (χ1v) is 11.0. The molecule has 1 heterocycles. The van der Waals surface area contributed by atoms with Crippen molar-refractivity contribution in [3.05, 3.63) is 87.6 Å². The molecule has 0 bridgehead atoms. The largest absolute Gasteiger partial charge is 0.454 e. The molecule has 7 heteroatoms. The Bertz CT molecular complexity index is 1060. The van der Waals surface area contributed by atoms with Gasteiger partial charge in [0.25, 0.3) is 0 Å². The molecule has 144 valence electrons. The maximum absolute atomic E-state index is 12.5. The van der Waals surface area contributed by atoms with Gasteiger partial charge in [0.15, 0.2) is 16.4 Å². The Balaban J connectivity index is 1.62. The van der Waals surface area contributed by atoms with Gasteiger partial charge in [0.05, 0.1) is 21.1 Å². The van der Waals surface area contributed by atoms with E-state index in [1.54, 1.807) is 53.9 Å². The third kappa shape index (κ3) is 4.94. The first-order chi connectivity index (χ1) is 13.3. The van der Waals surface area contributed by atoms with Gasteiger partial charge in [0.2, 0.25) is 5.78 Å². The molecule has 1 aromatic heterocycles. The topological polar surface area (TPSA) is 77.5 Å². The minimum Gasteiger partial charge on any atom is -0.454 e. The molecule has 0 spiro atoms. The number of thiophene rings is 1. The Kier molecular flexibility index (Phi) is 6.06. The quantitative estimate of drug-likeness (QED) is 0.430. The van der Waals surface area contributed by atoms with Crippen LogP contribution in [0.25, 0.3) is 0 Å². The number of hydrogen-bond donors (Lipinski definition) is 0. The van der Waals surface area contributed by atoms with E-state index >= 15 is 0 Å². The summed E-state index contributed by atoms with van der Waals surface area (Å²) in [6.45, 7) is 1.56. The molecule has 5 nitrogen and oxygen atoms in total.